The monoisotopic (exact) mass is 652 g/mol. The average Bonchev–Trinajstić information content (AvgIpc) is 3.58. The third-order valence-electron chi connectivity index (χ3n) is 7.21. The Morgan fingerprint density at radius 3 is 1.35 bits per heavy atom. The van der Waals surface area contributed by atoms with Crippen LogP contribution in [0, 0.1) is 5.92 Å². The number of amides is 6. The largest absolute Gasteiger partial charge is 0.356 e. The molecular weight excluding hydrogens is 600 g/mol. The molecule has 0 aliphatic heterocycles. The summed E-state index contributed by atoms with van der Waals surface area (Å²) in [7, 11) is 0. The molecule has 0 radical (unpaired) electrons. The number of unbranched alkanes of at least 4 members (excludes halogenated alkanes) is 6. The Kier molecular flexibility index (Phi) is 21.3. The number of carbonyl (C=O) groups excluding carboxylic acids is 6. The fourth-order valence-electron chi connectivity index (χ4n) is 4.36. The van der Waals surface area contributed by atoms with Gasteiger partial charge in [-0.3, -0.25) is 44.4 Å². The highest BCUT2D eigenvalue weighted by Gasteiger charge is 2.15. The molecule has 0 fully saturated rings. The summed E-state index contributed by atoms with van der Waals surface area (Å²) in [6.07, 6.45) is 12.7. The number of hydrogen-bond acceptors (Lipinski definition) is 9. The van der Waals surface area contributed by atoms with Gasteiger partial charge in [-0.15, -0.1) is 0 Å². The van der Waals surface area contributed by atoms with Gasteiger partial charge >= 0.3 is 0 Å². The van der Waals surface area contributed by atoms with Crippen LogP contribution in [0.1, 0.15) is 90.4 Å². The first-order chi connectivity index (χ1) is 22.0. The lowest BCUT2D eigenvalue weighted by Crippen LogP contribution is -2.31. The maximum Gasteiger partial charge on any atom is 0.246 e. The van der Waals surface area contributed by atoms with E-state index in [0.29, 0.717) is 79.8 Å². The van der Waals surface area contributed by atoms with Crippen molar-refractivity contribution in [1.29, 1.82) is 0 Å². The molecule has 0 heterocycles. The van der Waals surface area contributed by atoms with Crippen molar-refractivity contribution in [1.82, 2.24) is 31.1 Å². The molecule has 1 aliphatic carbocycles. The molecule has 6 amide bonds. The van der Waals surface area contributed by atoms with Gasteiger partial charge in [-0.05, 0) is 57.8 Å². The maximum atomic E-state index is 12.1. The van der Waals surface area contributed by atoms with Crippen LogP contribution in [0.15, 0.2) is 24.3 Å². The fourth-order valence-corrected chi connectivity index (χ4v) is 4.36. The molecule has 0 spiro atoms. The van der Waals surface area contributed by atoms with Crippen molar-refractivity contribution in [2.45, 2.75) is 90.4 Å². The molecule has 1 aliphatic rings. The molecule has 0 aromatic rings. The van der Waals surface area contributed by atoms with Gasteiger partial charge in [0, 0.05) is 71.9 Å². The van der Waals surface area contributed by atoms with Crippen molar-refractivity contribution in [2.75, 3.05) is 39.3 Å². The summed E-state index contributed by atoms with van der Waals surface area (Å²) < 4.78 is 0. The summed E-state index contributed by atoms with van der Waals surface area (Å²) in [5.74, 6) is -2.40. The van der Waals surface area contributed by atoms with Crippen molar-refractivity contribution < 1.29 is 44.4 Å². The van der Waals surface area contributed by atoms with Gasteiger partial charge in [0.05, 0.1) is 5.92 Å². The molecule has 0 atom stereocenters. The minimum absolute atomic E-state index is 0.0490. The quantitative estimate of drug-likeness (QED) is 0.0482. The highest BCUT2D eigenvalue weighted by Crippen LogP contribution is 2.09. The normalized spacial score (nSPS) is 12.1. The average molecular weight is 653 g/mol. The second-order valence-electron chi connectivity index (χ2n) is 11.1. The van der Waals surface area contributed by atoms with Crippen molar-refractivity contribution in [3.05, 3.63) is 24.3 Å². The number of rotatable bonds is 25. The Labute approximate surface area is 270 Å². The first kappa shape index (κ1) is 40.2. The van der Waals surface area contributed by atoms with Gasteiger partial charge < -0.3 is 16.0 Å². The summed E-state index contributed by atoms with van der Waals surface area (Å²) in [6.45, 7) is 3.05. The molecule has 260 valence electrons. The zero-order valence-electron chi connectivity index (χ0n) is 27.0. The van der Waals surface area contributed by atoms with Crippen molar-refractivity contribution in [3.8, 4) is 0 Å². The Bertz CT molecular complexity index is 1020. The number of nitrogens with zero attached hydrogens (tertiary/aromatic N) is 3. The zero-order valence-corrected chi connectivity index (χ0v) is 27.0. The Balaban J connectivity index is 1.98. The van der Waals surface area contributed by atoms with Crippen LogP contribution in [0.3, 0.4) is 0 Å². The zero-order chi connectivity index (χ0) is 34.2. The predicted molar refractivity (Wildman–Crippen MR) is 167 cm³/mol. The molecule has 6 N–H and O–H groups in total. The van der Waals surface area contributed by atoms with E-state index in [0.717, 1.165) is 12.8 Å². The summed E-state index contributed by atoms with van der Waals surface area (Å²) in [5.41, 5.74) is 0. The van der Waals surface area contributed by atoms with Gasteiger partial charge in [0.15, 0.2) is 0 Å². The van der Waals surface area contributed by atoms with Gasteiger partial charge in [-0.1, -0.05) is 24.3 Å². The van der Waals surface area contributed by atoms with Crippen molar-refractivity contribution >= 4 is 35.4 Å². The minimum Gasteiger partial charge on any atom is -0.356 e. The molecule has 0 unspecified atom stereocenters. The molecular formula is C31H52N6O9. The van der Waals surface area contributed by atoms with Crippen LogP contribution in [0.5, 0.6) is 0 Å². The molecule has 15 heteroatoms. The van der Waals surface area contributed by atoms with E-state index in [1.54, 1.807) is 0 Å². The number of nitrogens with one attached hydrogen (secondary N) is 3. The van der Waals surface area contributed by atoms with E-state index in [2.05, 4.69) is 16.0 Å². The Morgan fingerprint density at radius 2 is 0.935 bits per heavy atom. The molecule has 0 saturated carbocycles. The van der Waals surface area contributed by atoms with E-state index in [1.165, 1.54) is 6.92 Å². The van der Waals surface area contributed by atoms with E-state index in [4.69, 9.17) is 0 Å². The Morgan fingerprint density at radius 1 is 0.543 bits per heavy atom. The van der Waals surface area contributed by atoms with Gasteiger partial charge in [-0.25, -0.2) is 15.2 Å². The van der Waals surface area contributed by atoms with E-state index >= 15 is 0 Å². The number of hydroxylamine groups is 6. The Hall–Kier alpha value is -3.82. The minimum atomic E-state index is -0.558. The lowest BCUT2D eigenvalue weighted by molar-refractivity contribution is -0.166. The van der Waals surface area contributed by atoms with Gasteiger partial charge in [0.2, 0.25) is 35.4 Å². The second-order valence-corrected chi connectivity index (χ2v) is 11.1. The first-order valence-electron chi connectivity index (χ1n) is 16.1. The van der Waals surface area contributed by atoms with E-state index in [-0.39, 0.29) is 69.0 Å². The third kappa shape index (κ3) is 19.5. The van der Waals surface area contributed by atoms with Gasteiger partial charge in [0.25, 0.3) is 0 Å². The molecule has 0 aromatic heterocycles. The molecule has 0 aromatic carbocycles. The van der Waals surface area contributed by atoms with E-state index in [1.807, 2.05) is 24.3 Å². The summed E-state index contributed by atoms with van der Waals surface area (Å²) in [6, 6.07) is 0. The second kappa shape index (κ2) is 24.4. The number of hydrogen-bond donors (Lipinski definition) is 6. The van der Waals surface area contributed by atoms with Crippen molar-refractivity contribution in [3.63, 3.8) is 0 Å². The van der Waals surface area contributed by atoms with Crippen LogP contribution in [0.4, 0.5) is 0 Å². The third-order valence-corrected chi connectivity index (χ3v) is 7.21. The summed E-state index contributed by atoms with van der Waals surface area (Å²) >= 11 is 0. The van der Waals surface area contributed by atoms with Gasteiger partial charge in [0.1, 0.15) is 0 Å². The van der Waals surface area contributed by atoms with Crippen LogP contribution in [-0.2, 0) is 28.8 Å². The van der Waals surface area contributed by atoms with E-state index in [9.17, 15) is 44.4 Å². The highest BCUT2D eigenvalue weighted by molar-refractivity contribution is 5.84. The molecule has 1 rings (SSSR count). The summed E-state index contributed by atoms with van der Waals surface area (Å²) in [4.78, 5) is 70.8. The molecule has 0 bridgehead atoms. The predicted octanol–water partition coefficient (Wildman–Crippen LogP) is 1.82. The van der Waals surface area contributed by atoms with E-state index < -0.39 is 17.7 Å². The van der Waals surface area contributed by atoms with Crippen LogP contribution >= 0.6 is 0 Å². The number of carbonyl (C=O) groups is 6. The lowest BCUT2D eigenvalue weighted by Gasteiger charge is -2.15. The van der Waals surface area contributed by atoms with Crippen LogP contribution < -0.4 is 16.0 Å². The van der Waals surface area contributed by atoms with Crippen LogP contribution in [0.2, 0.25) is 0 Å². The molecule has 0 saturated heterocycles. The summed E-state index contributed by atoms with van der Waals surface area (Å²) in [5, 5.41) is 39.2. The van der Waals surface area contributed by atoms with Gasteiger partial charge in [-0.2, -0.15) is 0 Å². The fraction of sp³-hybridized carbons (Fsp3) is 0.677. The van der Waals surface area contributed by atoms with Crippen LogP contribution in [0.25, 0.3) is 0 Å². The number of allylic oxidation sites excluding steroid dienone is 2. The van der Waals surface area contributed by atoms with Crippen molar-refractivity contribution in [2.24, 2.45) is 5.92 Å². The maximum absolute atomic E-state index is 12.1. The first-order valence-corrected chi connectivity index (χ1v) is 16.1. The standard InChI is InChI=1S/C31H52N6O9/c1-25(38)35(44)22-10-2-7-19-32-27(39)15-17-29(41)36(45)23-11-3-8-20-33-28(40)16-18-30(42)37(46)24-12-4-9-21-34-31(43)26-13-5-6-14-26/h5-6,13-14,26,44-46H,2-4,7-12,15-24H2,1H3,(H,32,39)(H,33,40)(H,34,43). The smallest absolute Gasteiger partial charge is 0.246 e. The lowest BCUT2D eigenvalue weighted by atomic mass is 10.1. The van der Waals surface area contributed by atoms with Crippen LogP contribution in [-0.4, -0.2) is 106 Å². The molecule has 15 nitrogen and oxygen atoms in total. The SMILES string of the molecule is CC(=O)N(O)CCCCCNC(=O)CCC(=O)N(O)CCCCCNC(=O)CCC(=O)N(O)CCCCCNC(=O)C1C=CC=C1. The topological polar surface area (TPSA) is 209 Å². The highest BCUT2D eigenvalue weighted by atomic mass is 16.5. The molecule has 46 heavy (non-hydrogen) atoms.